The lowest BCUT2D eigenvalue weighted by Gasteiger charge is -2.35. The summed E-state index contributed by atoms with van der Waals surface area (Å²) in [6.45, 7) is 3.93. The average molecular weight is 290 g/mol. The molecule has 3 atom stereocenters. The normalized spacial score (nSPS) is 24.8. The van der Waals surface area contributed by atoms with E-state index in [0.29, 0.717) is 25.8 Å². The second kappa shape index (κ2) is 6.96. The molecule has 0 spiro atoms. The molecule has 0 heterocycles. The first kappa shape index (κ1) is 16.8. The summed E-state index contributed by atoms with van der Waals surface area (Å²) >= 11 is 0. The number of carbonyl (C=O) groups is 1. The SMILES string of the molecule is CCN(CC(C)C#N)C(=O)C1CCCCC1C(F)(F)F. The van der Waals surface area contributed by atoms with E-state index in [-0.39, 0.29) is 18.9 Å². The van der Waals surface area contributed by atoms with E-state index in [2.05, 4.69) is 0 Å². The minimum Gasteiger partial charge on any atom is -0.341 e. The zero-order chi connectivity index (χ0) is 15.3. The largest absolute Gasteiger partial charge is 0.392 e. The van der Waals surface area contributed by atoms with E-state index in [1.165, 1.54) is 4.90 Å². The number of alkyl halides is 3. The Balaban J connectivity index is 2.83. The van der Waals surface area contributed by atoms with Crippen LogP contribution < -0.4 is 0 Å². The third kappa shape index (κ3) is 4.12. The van der Waals surface area contributed by atoms with Crippen molar-refractivity contribution >= 4 is 5.91 Å². The van der Waals surface area contributed by atoms with Gasteiger partial charge in [-0.05, 0) is 26.7 Å². The summed E-state index contributed by atoms with van der Waals surface area (Å²) in [5.74, 6) is -3.33. The molecule has 0 N–H and O–H groups in total. The van der Waals surface area contributed by atoms with E-state index in [4.69, 9.17) is 5.26 Å². The molecule has 114 valence electrons. The molecular weight excluding hydrogens is 269 g/mol. The Hall–Kier alpha value is -1.25. The molecule has 1 aliphatic rings. The molecule has 6 heteroatoms. The molecule has 0 aromatic carbocycles. The molecule has 0 aromatic heterocycles. The van der Waals surface area contributed by atoms with Gasteiger partial charge >= 0.3 is 6.18 Å². The number of halogens is 3. The van der Waals surface area contributed by atoms with Crippen LogP contribution in [0.15, 0.2) is 0 Å². The summed E-state index contributed by atoms with van der Waals surface area (Å²) in [6.07, 6.45) is -2.81. The quantitative estimate of drug-likeness (QED) is 0.797. The van der Waals surface area contributed by atoms with Gasteiger partial charge in [0.25, 0.3) is 0 Å². The number of rotatable bonds is 4. The van der Waals surface area contributed by atoms with E-state index < -0.39 is 23.9 Å². The van der Waals surface area contributed by atoms with Crippen molar-refractivity contribution in [2.75, 3.05) is 13.1 Å². The van der Waals surface area contributed by atoms with Crippen molar-refractivity contribution in [3.8, 4) is 6.07 Å². The third-order valence-corrected chi connectivity index (χ3v) is 3.91. The highest BCUT2D eigenvalue weighted by Gasteiger charge is 2.48. The minimum atomic E-state index is -4.32. The molecular formula is C14H21F3N2O. The van der Waals surface area contributed by atoms with Gasteiger partial charge in [-0.2, -0.15) is 18.4 Å². The van der Waals surface area contributed by atoms with Crippen molar-refractivity contribution in [3.05, 3.63) is 0 Å². The molecule has 0 saturated heterocycles. The number of nitrogens with zero attached hydrogens (tertiary/aromatic N) is 2. The van der Waals surface area contributed by atoms with Gasteiger partial charge in [0.1, 0.15) is 0 Å². The van der Waals surface area contributed by atoms with E-state index in [1.54, 1.807) is 13.8 Å². The van der Waals surface area contributed by atoms with E-state index in [9.17, 15) is 18.0 Å². The second-order valence-corrected chi connectivity index (χ2v) is 5.45. The molecule has 1 aliphatic carbocycles. The van der Waals surface area contributed by atoms with Crippen LogP contribution in [0.3, 0.4) is 0 Å². The number of hydrogen-bond acceptors (Lipinski definition) is 2. The summed E-state index contributed by atoms with van der Waals surface area (Å²) in [6, 6.07) is 2.01. The molecule has 1 fully saturated rings. The maximum Gasteiger partial charge on any atom is 0.392 e. The molecule has 0 aliphatic heterocycles. The maximum absolute atomic E-state index is 13.0. The van der Waals surface area contributed by atoms with Gasteiger partial charge in [-0.1, -0.05) is 12.8 Å². The van der Waals surface area contributed by atoms with Gasteiger partial charge in [-0.15, -0.1) is 0 Å². The summed E-state index contributed by atoms with van der Waals surface area (Å²) < 4.78 is 39.1. The summed E-state index contributed by atoms with van der Waals surface area (Å²) in [5.41, 5.74) is 0. The van der Waals surface area contributed by atoms with Crippen LogP contribution in [0.1, 0.15) is 39.5 Å². The van der Waals surface area contributed by atoms with Gasteiger partial charge in [0.05, 0.1) is 17.9 Å². The van der Waals surface area contributed by atoms with Gasteiger partial charge < -0.3 is 4.90 Å². The Labute approximate surface area is 117 Å². The van der Waals surface area contributed by atoms with Crippen LogP contribution in [0.4, 0.5) is 13.2 Å². The third-order valence-electron chi connectivity index (χ3n) is 3.91. The predicted octanol–water partition coefficient (Wildman–Crippen LogP) is 3.36. The Morgan fingerprint density at radius 3 is 2.50 bits per heavy atom. The maximum atomic E-state index is 13.0. The van der Waals surface area contributed by atoms with Crippen LogP contribution in [0.2, 0.25) is 0 Å². The van der Waals surface area contributed by atoms with Crippen molar-refractivity contribution in [1.29, 1.82) is 5.26 Å². The topological polar surface area (TPSA) is 44.1 Å². The Kier molecular flexibility index (Phi) is 5.85. The highest BCUT2D eigenvalue weighted by atomic mass is 19.4. The van der Waals surface area contributed by atoms with Crippen molar-refractivity contribution in [2.24, 2.45) is 17.8 Å². The van der Waals surface area contributed by atoms with Crippen LogP contribution in [0, 0.1) is 29.1 Å². The van der Waals surface area contributed by atoms with Crippen LogP contribution >= 0.6 is 0 Å². The van der Waals surface area contributed by atoms with Gasteiger partial charge in [-0.25, -0.2) is 0 Å². The standard InChI is InChI=1S/C14H21F3N2O/c1-3-19(9-10(2)8-18)13(20)11-6-4-5-7-12(11)14(15,16)17/h10-12H,3-7,9H2,1-2H3. The molecule has 3 unspecified atom stereocenters. The monoisotopic (exact) mass is 290 g/mol. The lowest BCUT2D eigenvalue weighted by molar-refractivity contribution is -0.200. The van der Waals surface area contributed by atoms with Gasteiger partial charge in [0.2, 0.25) is 5.91 Å². The number of hydrogen-bond donors (Lipinski definition) is 0. The fraction of sp³-hybridized carbons (Fsp3) is 0.857. The highest BCUT2D eigenvalue weighted by molar-refractivity contribution is 5.79. The first-order valence-electron chi connectivity index (χ1n) is 7.06. The minimum absolute atomic E-state index is 0.0330. The fourth-order valence-electron chi connectivity index (χ4n) is 2.80. The first-order valence-corrected chi connectivity index (χ1v) is 7.06. The molecule has 20 heavy (non-hydrogen) atoms. The van der Waals surface area contributed by atoms with Crippen LogP contribution in [-0.4, -0.2) is 30.1 Å². The van der Waals surface area contributed by atoms with E-state index >= 15 is 0 Å². The number of nitriles is 1. The average Bonchev–Trinajstić information content (AvgIpc) is 2.42. The molecule has 1 amide bonds. The zero-order valence-electron chi connectivity index (χ0n) is 11.9. The molecule has 1 saturated carbocycles. The lowest BCUT2D eigenvalue weighted by atomic mass is 9.78. The van der Waals surface area contributed by atoms with Crippen LogP contribution in [0.25, 0.3) is 0 Å². The molecule has 0 radical (unpaired) electrons. The second-order valence-electron chi connectivity index (χ2n) is 5.45. The van der Waals surface area contributed by atoms with Crippen LogP contribution in [0.5, 0.6) is 0 Å². The Morgan fingerprint density at radius 1 is 1.40 bits per heavy atom. The Morgan fingerprint density at radius 2 is 2.00 bits per heavy atom. The Bertz CT molecular complexity index is 376. The zero-order valence-corrected chi connectivity index (χ0v) is 11.9. The van der Waals surface area contributed by atoms with Gasteiger partial charge in [0, 0.05) is 19.0 Å². The smallest absolute Gasteiger partial charge is 0.341 e. The summed E-state index contributed by atoms with van der Waals surface area (Å²) in [4.78, 5) is 13.7. The van der Waals surface area contributed by atoms with Crippen molar-refractivity contribution in [3.63, 3.8) is 0 Å². The molecule has 0 bridgehead atoms. The predicted molar refractivity (Wildman–Crippen MR) is 68.5 cm³/mol. The lowest BCUT2D eigenvalue weighted by Crippen LogP contribution is -2.45. The summed E-state index contributed by atoms with van der Waals surface area (Å²) in [5, 5.41) is 8.78. The molecule has 3 nitrogen and oxygen atoms in total. The van der Waals surface area contributed by atoms with Crippen LogP contribution in [-0.2, 0) is 4.79 Å². The van der Waals surface area contributed by atoms with Crippen molar-refractivity contribution in [2.45, 2.75) is 45.7 Å². The summed E-state index contributed by atoms with van der Waals surface area (Å²) in [7, 11) is 0. The van der Waals surface area contributed by atoms with E-state index in [1.807, 2.05) is 6.07 Å². The molecule has 0 aromatic rings. The number of amides is 1. The van der Waals surface area contributed by atoms with Crippen molar-refractivity contribution in [1.82, 2.24) is 4.90 Å². The fourth-order valence-corrected chi connectivity index (χ4v) is 2.80. The molecule has 1 rings (SSSR count). The van der Waals surface area contributed by atoms with Crippen molar-refractivity contribution < 1.29 is 18.0 Å². The highest BCUT2D eigenvalue weighted by Crippen LogP contribution is 2.42. The first-order chi connectivity index (χ1) is 9.31. The van der Waals surface area contributed by atoms with E-state index in [0.717, 1.165) is 0 Å². The number of carbonyl (C=O) groups excluding carboxylic acids is 1. The van der Waals surface area contributed by atoms with Gasteiger partial charge in [-0.3, -0.25) is 4.79 Å². The van der Waals surface area contributed by atoms with Gasteiger partial charge in [0.15, 0.2) is 0 Å².